The van der Waals surface area contributed by atoms with Gasteiger partial charge in [0.1, 0.15) is 0 Å². The van der Waals surface area contributed by atoms with Crippen LogP contribution in [0.5, 0.6) is 0 Å². The molecule has 1 atom stereocenters. The third-order valence-electron chi connectivity index (χ3n) is 1.30. The summed E-state index contributed by atoms with van der Waals surface area (Å²) < 4.78 is 0. The van der Waals surface area contributed by atoms with E-state index in [-0.39, 0.29) is 12.6 Å². The van der Waals surface area contributed by atoms with Crippen molar-refractivity contribution in [3.63, 3.8) is 0 Å². The smallest absolute Gasteiger partial charge is 0.183 e. The van der Waals surface area contributed by atoms with E-state index in [1.54, 1.807) is 5.38 Å². The van der Waals surface area contributed by atoms with Crippen molar-refractivity contribution in [3.05, 3.63) is 11.1 Å². The number of terminal acetylenes is 1. The highest BCUT2D eigenvalue weighted by Gasteiger charge is 2.02. The van der Waals surface area contributed by atoms with Crippen molar-refractivity contribution in [2.75, 3.05) is 5.32 Å². The number of nitrogens with zero attached hydrogens (tertiary/aromatic N) is 1. The summed E-state index contributed by atoms with van der Waals surface area (Å²) in [5, 5.41) is 14.3. The molecule has 0 aliphatic heterocycles. The van der Waals surface area contributed by atoms with Crippen molar-refractivity contribution in [1.82, 2.24) is 4.98 Å². The number of rotatable bonds is 3. The normalized spacial score (nSPS) is 12.1. The van der Waals surface area contributed by atoms with Crippen LogP contribution >= 0.6 is 11.3 Å². The van der Waals surface area contributed by atoms with Crippen LogP contribution in [0.3, 0.4) is 0 Å². The van der Waals surface area contributed by atoms with Gasteiger partial charge in [-0.2, -0.15) is 0 Å². The summed E-state index contributed by atoms with van der Waals surface area (Å²) in [4.78, 5) is 4.08. The molecule has 0 fully saturated rings. The first-order chi connectivity index (χ1) is 5.76. The lowest BCUT2D eigenvalue weighted by Gasteiger charge is -2.03. The van der Waals surface area contributed by atoms with Crippen LogP contribution in [-0.4, -0.2) is 16.1 Å². The Morgan fingerprint density at radius 1 is 1.92 bits per heavy atom. The molecular weight excluding hydrogens is 172 g/mol. The molecule has 1 rings (SSSR count). The number of aliphatic hydroxyl groups excluding tert-OH is 1. The summed E-state index contributed by atoms with van der Waals surface area (Å²) in [7, 11) is 0. The number of hydrogen-bond acceptors (Lipinski definition) is 4. The first kappa shape index (κ1) is 9.04. The molecule has 1 aromatic rings. The maximum atomic E-state index is 8.72. The Morgan fingerprint density at radius 2 is 2.67 bits per heavy atom. The van der Waals surface area contributed by atoms with Crippen molar-refractivity contribution < 1.29 is 5.11 Å². The molecule has 0 radical (unpaired) electrons. The standard InChI is InChI=1S/C8H10N2OS/c1-3-6(2)9-8-10-7(4-11)5-12-8/h1,5-6,11H,4H2,2H3,(H,9,10). The average molecular weight is 182 g/mol. The average Bonchev–Trinajstić information content (AvgIpc) is 2.52. The minimum Gasteiger partial charge on any atom is -0.390 e. The highest BCUT2D eigenvalue weighted by molar-refractivity contribution is 7.13. The minimum absolute atomic E-state index is 0.0252. The van der Waals surface area contributed by atoms with E-state index >= 15 is 0 Å². The van der Waals surface area contributed by atoms with E-state index in [9.17, 15) is 0 Å². The van der Waals surface area contributed by atoms with Gasteiger partial charge in [0.25, 0.3) is 0 Å². The van der Waals surface area contributed by atoms with Crippen LogP contribution in [0.1, 0.15) is 12.6 Å². The first-order valence-corrected chi connectivity index (χ1v) is 4.42. The summed E-state index contributed by atoms with van der Waals surface area (Å²) >= 11 is 1.44. The van der Waals surface area contributed by atoms with Crippen LogP contribution in [0.15, 0.2) is 5.38 Å². The molecule has 64 valence electrons. The summed E-state index contributed by atoms with van der Waals surface area (Å²) in [6, 6.07) is -0.0253. The lowest BCUT2D eigenvalue weighted by Crippen LogP contribution is -2.11. The predicted molar refractivity (Wildman–Crippen MR) is 50.0 cm³/mol. The number of aliphatic hydroxyl groups is 1. The monoisotopic (exact) mass is 182 g/mol. The Balaban J connectivity index is 2.59. The maximum absolute atomic E-state index is 8.72. The zero-order chi connectivity index (χ0) is 8.97. The number of hydrogen-bond donors (Lipinski definition) is 2. The Labute approximate surface area is 75.5 Å². The second-order valence-electron chi connectivity index (χ2n) is 2.33. The lowest BCUT2D eigenvalue weighted by atomic mass is 10.4. The molecule has 3 nitrogen and oxygen atoms in total. The van der Waals surface area contributed by atoms with E-state index < -0.39 is 0 Å². The molecule has 4 heteroatoms. The van der Waals surface area contributed by atoms with Gasteiger partial charge in [-0.05, 0) is 6.92 Å². The van der Waals surface area contributed by atoms with Crippen LogP contribution in [0, 0.1) is 12.3 Å². The fourth-order valence-electron chi connectivity index (χ4n) is 0.673. The molecule has 0 aliphatic rings. The van der Waals surface area contributed by atoms with Crippen molar-refractivity contribution in [2.24, 2.45) is 0 Å². The Bertz CT molecular complexity index is 289. The molecule has 0 saturated heterocycles. The van der Waals surface area contributed by atoms with Gasteiger partial charge in [-0.25, -0.2) is 4.98 Å². The number of anilines is 1. The zero-order valence-electron chi connectivity index (χ0n) is 6.74. The van der Waals surface area contributed by atoms with Gasteiger partial charge in [0, 0.05) is 5.38 Å². The molecule has 1 heterocycles. The lowest BCUT2D eigenvalue weighted by molar-refractivity contribution is 0.278. The van der Waals surface area contributed by atoms with Crippen molar-refractivity contribution in [3.8, 4) is 12.3 Å². The summed E-state index contributed by atoms with van der Waals surface area (Å²) in [5.41, 5.74) is 0.673. The topological polar surface area (TPSA) is 45.2 Å². The molecule has 12 heavy (non-hydrogen) atoms. The largest absolute Gasteiger partial charge is 0.390 e. The van der Waals surface area contributed by atoms with Gasteiger partial charge < -0.3 is 10.4 Å². The molecule has 0 bridgehead atoms. The summed E-state index contributed by atoms with van der Waals surface area (Å²) in [5.74, 6) is 2.53. The number of nitrogens with one attached hydrogen (secondary N) is 1. The second-order valence-corrected chi connectivity index (χ2v) is 3.19. The van der Waals surface area contributed by atoms with E-state index in [4.69, 9.17) is 11.5 Å². The summed E-state index contributed by atoms with van der Waals surface area (Å²) in [6.45, 7) is 1.85. The first-order valence-electron chi connectivity index (χ1n) is 3.54. The van der Waals surface area contributed by atoms with Gasteiger partial charge in [-0.1, -0.05) is 5.92 Å². The molecule has 1 aromatic heterocycles. The number of thiazole rings is 1. The van der Waals surface area contributed by atoms with E-state index in [1.807, 2.05) is 6.92 Å². The SMILES string of the molecule is C#CC(C)Nc1nc(CO)cs1. The van der Waals surface area contributed by atoms with E-state index in [0.29, 0.717) is 5.69 Å². The highest BCUT2D eigenvalue weighted by atomic mass is 32.1. The van der Waals surface area contributed by atoms with E-state index in [1.165, 1.54) is 11.3 Å². The predicted octanol–water partition coefficient (Wildman–Crippen LogP) is 1.07. The van der Waals surface area contributed by atoms with Crippen LogP contribution < -0.4 is 5.32 Å². The fraction of sp³-hybridized carbons (Fsp3) is 0.375. The van der Waals surface area contributed by atoms with Crippen LogP contribution in [0.2, 0.25) is 0 Å². The van der Waals surface area contributed by atoms with Gasteiger partial charge >= 0.3 is 0 Å². The highest BCUT2D eigenvalue weighted by Crippen LogP contribution is 2.15. The molecule has 0 aliphatic carbocycles. The van der Waals surface area contributed by atoms with Crippen LogP contribution in [0.25, 0.3) is 0 Å². The molecule has 0 saturated carbocycles. The van der Waals surface area contributed by atoms with Gasteiger partial charge in [0.05, 0.1) is 18.3 Å². The molecule has 2 N–H and O–H groups in total. The maximum Gasteiger partial charge on any atom is 0.183 e. The molecule has 0 aromatic carbocycles. The third kappa shape index (κ3) is 2.22. The second kappa shape index (κ2) is 4.10. The van der Waals surface area contributed by atoms with Crippen molar-refractivity contribution in [2.45, 2.75) is 19.6 Å². The van der Waals surface area contributed by atoms with Crippen LogP contribution in [0.4, 0.5) is 5.13 Å². The van der Waals surface area contributed by atoms with Gasteiger partial charge in [0.15, 0.2) is 5.13 Å². The third-order valence-corrected chi connectivity index (χ3v) is 2.13. The van der Waals surface area contributed by atoms with Crippen LogP contribution in [-0.2, 0) is 6.61 Å². The quantitative estimate of drug-likeness (QED) is 0.687. The Kier molecular flexibility index (Phi) is 3.09. The van der Waals surface area contributed by atoms with Gasteiger partial charge in [-0.3, -0.25) is 0 Å². The zero-order valence-corrected chi connectivity index (χ0v) is 7.56. The minimum atomic E-state index is -0.0253. The van der Waals surface area contributed by atoms with Crippen molar-refractivity contribution >= 4 is 16.5 Å². The van der Waals surface area contributed by atoms with E-state index in [2.05, 4.69) is 16.2 Å². The van der Waals surface area contributed by atoms with E-state index in [0.717, 1.165) is 5.13 Å². The van der Waals surface area contributed by atoms with Gasteiger partial charge in [-0.15, -0.1) is 17.8 Å². The molecule has 1 unspecified atom stereocenters. The summed E-state index contributed by atoms with van der Waals surface area (Å²) in [6.07, 6.45) is 5.17. The fourth-order valence-corrected chi connectivity index (χ4v) is 1.46. The Hall–Kier alpha value is -1.05. The molecule has 0 spiro atoms. The number of aromatic nitrogens is 1. The molecular formula is C8H10N2OS. The molecule has 0 amide bonds. The Morgan fingerprint density at radius 3 is 3.17 bits per heavy atom. The van der Waals surface area contributed by atoms with Crippen molar-refractivity contribution in [1.29, 1.82) is 0 Å². The van der Waals surface area contributed by atoms with Gasteiger partial charge in [0.2, 0.25) is 0 Å².